The van der Waals surface area contributed by atoms with Gasteiger partial charge in [-0.25, -0.2) is 0 Å². The van der Waals surface area contributed by atoms with Crippen molar-refractivity contribution < 1.29 is 9.84 Å². The van der Waals surface area contributed by atoms with Crippen molar-refractivity contribution in [2.45, 2.75) is 75.6 Å². The number of aromatic nitrogens is 1. The van der Waals surface area contributed by atoms with Crippen LogP contribution >= 0.6 is 31.9 Å². The topological polar surface area (TPSA) is 45.2 Å². The number of aromatic amines is 1. The molecule has 29 heavy (non-hydrogen) atoms. The third-order valence-corrected chi connectivity index (χ3v) is 12.0. The summed E-state index contributed by atoms with van der Waals surface area (Å²) in [5, 5.41) is 12.0. The summed E-state index contributed by atoms with van der Waals surface area (Å²) < 4.78 is 7.22. The quantitative estimate of drug-likeness (QED) is 0.409. The van der Waals surface area contributed by atoms with Crippen molar-refractivity contribution in [3.8, 4) is 11.6 Å². The summed E-state index contributed by atoms with van der Waals surface area (Å²) in [6, 6.07) is 5.99. The molecule has 2 aliphatic rings. The van der Waals surface area contributed by atoms with E-state index < -0.39 is 0 Å². The molecule has 6 unspecified atom stereocenters. The lowest BCUT2D eigenvalue weighted by atomic mass is 9.45. The highest BCUT2D eigenvalue weighted by Crippen LogP contribution is 2.65. The van der Waals surface area contributed by atoms with Gasteiger partial charge in [0.15, 0.2) is 5.88 Å². The van der Waals surface area contributed by atoms with Gasteiger partial charge in [0.1, 0.15) is 11.4 Å². The number of aromatic hydroxyl groups is 1. The lowest BCUT2D eigenvalue weighted by Gasteiger charge is -2.66. The smallest absolute Gasteiger partial charge is 0.196 e. The summed E-state index contributed by atoms with van der Waals surface area (Å²) in [5.74, 6) is 2.11. The second-order valence-corrected chi connectivity index (χ2v) is 12.3. The van der Waals surface area contributed by atoms with E-state index in [1.165, 1.54) is 12.8 Å². The van der Waals surface area contributed by atoms with Crippen LogP contribution < -0.4 is 4.74 Å². The highest BCUT2D eigenvalue weighted by atomic mass is 79.9. The molecule has 0 spiro atoms. The van der Waals surface area contributed by atoms with Crippen molar-refractivity contribution in [3.63, 3.8) is 0 Å². The zero-order valence-corrected chi connectivity index (χ0v) is 21.2. The molecule has 6 atom stereocenters. The molecule has 0 radical (unpaired) electrons. The average Bonchev–Trinajstić information content (AvgIpc) is 3.06. The number of alkyl halides is 2. The molecule has 1 heterocycles. The Morgan fingerprint density at radius 3 is 2.59 bits per heavy atom. The zero-order chi connectivity index (χ0) is 21.2. The molecular weight excluding hydrogens is 494 g/mol. The maximum absolute atomic E-state index is 10.2. The van der Waals surface area contributed by atoms with Crippen molar-refractivity contribution in [3.05, 3.63) is 24.4 Å². The fourth-order valence-electron chi connectivity index (χ4n) is 6.46. The van der Waals surface area contributed by atoms with Gasteiger partial charge in [-0.15, -0.1) is 0 Å². The second-order valence-electron chi connectivity index (χ2n) is 10.1. The first kappa shape index (κ1) is 21.5. The van der Waals surface area contributed by atoms with E-state index in [2.05, 4.69) is 77.5 Å². The zero-order valence-electron chi connectivity index (χ0n) is 18.1. The fourth-order valence-corrected chi connectivity index (χ4v) is 8.13. The second kappa shape index (κ2) is 7.19. The van der Waals surface area contributed by atoms with Gasteiger partial charge in [0.05, 0.1) is 0 Å². The summed E-state index contributed by atoms with van der Waals surface area (Å²) in [6.07, 6.45) is 6.35. The molecule has 2 aliphatic carbocycles. The van der Waals surface area contributed by atoms with Crippen LogP contribution in [0.5, 0.6) is 11.6 Å². The number of halogens is 2. The minimum absolute atomic E-state index is 0.0624. The highest BCUT2D eigenvalue weighted by Gasteiger charge is 2.67. The SMILES string of the molecule is CCC1(C)C(C)CCC2C(C)(C)C(Br)C(Br)CC21Oc1cccc2c(O)[nH]cc12. The summed E-state index contributed by atoms with van der Waals surface area (Å²) in [4.78, 5) is 3.70. The molecule has 160 valence electrons. The molecule has 0 aliphatic heterocycles. The number of ether oxygens (including phenoxy) is 1. The van der Waals surface area contributed by atoms with Crippen LogP contribution in [0, 0.1) is 22.7 Å². The van der Waals surface area contributed by atoms with Crippen molar-refractivity contribution in [1.82, 2.24) is 4.98 Å². The lowest BCUT2D eigenvalue weighted by Crippen LogP contribution is -2.70. The number of fused-ring (bicyclic) bond motifs is 2. The molecular formula is C24H33Br2NO2. The van der Waals surface area contributed by atoms with E-state index in [4.69, 9.17) is 4.74 Å². The molecule has 0 bridgehead atoms. The van der Waals surface area contributed by atoms with Crippen LogP contribution in [-0.2, 0) is 0 Å². The Bertz CT molecular complexity index is 909. The van der Waals surface area contributed by atoms with Crippen LogP contribution in [0.1, 0.15) is 60.3 Å². The molecule has 2 N–H and O–H groups in total. The van der Waals surface area contributed by atoms with E-state index in [0.29, 0.717) is 21.5 Å². The monoisotopic (exact) mass is 525 g/mol. The number of H-pyrrole nitrogens is 1. The molecule has 3 nitrogen and oxygen atoms in total. The van der Waals surface area contributed by atoms with Crippen LogP contribution in [0.4, 0.5) is 0 Å². The molecule has 2 aromatic rings. The van der Waals surface area contributed by atoms with Gasteiger partial charge in [-0.05, 0) is 42.7 Å². The summed E-state index contributed by atoms with van der Waals surface area (Å²) >= 11 is 8.05. The average molecular weight is 527 g/mol. The molecule has 2 fully saturated rings. The molecule has 1 aromatic carbocycles. The van der Waals surface area contributed by atoms with E-state index in [-0.39, 0.29) is 22.3 Å². The van der Waals surface area contributed by atoms with Gasteiger partial charge in [0.2, 0.25) is 0 Å². The van der Waals surface area contributed by atoms with Crippen molar-refractivity contribution in [1.29, 1.82) is 0 Å². The van der Waals surface area contributed by atoms with Crippen LogP contribution in [0.25, 0.3) is 10.8 Å². The number of rotatable bonds is 3. The first-order valence-corrected chi connectivity index (χ1v) is 12.7. The van der Waals surface area contributed by atoms with E-state index in [9.17, 15) is 5.11 Å². The minimum Gasteiger partial charge on any atom is -0.494 e. The van der Waals surface area contributed by atoms with E-state index in [0.717, 1.165) is 29.4 Å². The van der Waals surface area contributed by atoms with Crippen LogP contribution in [0.15, 0.2) is 24.4 Å². The van der Waals surface area contributed by atoms with Gasteiger partial charge in [0, 0.05) is 44.4 Å². The Balaban J connectivity index is 1.92. The Labute approximate surface area is 191 Å². The Morgan fingerprint density at radius 2 is 1.90 bits per heavy atom. The lowest BCUT2D eigenvalue weighted by molar-refractivity contribution is -0.198. The molecule has 5 heteroatoms. The van der Waals surface area contributed by atoms with Gasteiger partial charge in [0.25, 0.3) is 0 Å². The standard InChI is InChI=1S/C24H33Br2NO2/c1-6-23(5)14(2)10-11-19-22(3,4)20(26)17(25)12-24(19,23)29-18-9-7-8-15-16(18)13-27-21(15)28/h7-9,13-14,17,19-20,27-28H,6,10-12H2,1-5H3. The van der Waals surface area contributed by atoms with Gasteiger partial charge >= 0.3 is 0 Å². The summed E-state index contributed by atoms with van der Waals surface area (Å²) in [5.41, 5.74) is -0.118. The molecule has 4 rings (SSSR count). The Hall–Kier alpha value is -0.680. The first-order valence-electron chi connectivity index (χ1n) is 10.8. The third-order valence-electron chi connectivity index (χ3n) is 8.63. The molecule has 0 amide bonds. The maximum atomic E-state index is 10.2. The van der Waals surface area contributed by atoms with Crippen molar-refractivity contribution >= 4 is 42.6 Å². The predicted octanol–water partition coefficient (Wildman–Crippen LogP) is 7.41. The number of hydrogen-bond donors (Lipinski definition) is 2. The maximum Gasteiger partial charge on any atom is 0.196 e. The molecule has 0 saturated heterocycles. The Morgan fingerprint density at radius 1 is 1.17 bits per heavy atom. The fraction of sp³-hybridized carbons (Fsp3) is 0.667. The van der Waals surface area contributed by atoms with E-state index in [1.54, 1.807) is 0 Å². The number of hydrogen-bond acceptors (Lipinski definition) is 2. The summed E-state index contributed by atoms with van der Waals surface area (Å²) in [7, 11) is 0. The van der Waals surface area contributed by atoms with E-state index >= 15 is 0 Å². The van der Waals surface area contributed by atoms with Crippen molar-refractivity contribution in [2.24, 2.45) is 22.7 Å². The van der Waals surface area contributed by atoms with Crippen LogP contribution in [0.2, 0.25) is 0 Å². The summed E-state index contributed by atoms with van der Waals surface area (Å²) in [6.45, 7) is 12.0. The largest absolute Gasteiger partial charge is 0.494 e. The Kier molecular flexibility index (Phi) is 5.34. The minimum atomic E-state index is -0.275. The highest BCUT2D eigenvalue weighted by molar-refractivity contribution is 9.12. The number of benzene rings is 1. The predicted molar refractivity (Wildman–Crippen MR) is 127 cm³/mol. The third kappa shape index (κ3) is 2.93. The first-order chi connectivity index (χ1) is 13.6. The van der Waals surface area contributed by atoms with Crippen molar-refractivity contribution in [2.75, 3.05) is 0 Å². The van der Waals surface area contributed by atoms with Gasteiger partial charge in [-0.2, -0.15) is 0 Å². The normalized spacial score (nSPS) is 39.3. The number of nitrogens with one attached hydrogen (secondary N) is 1. The van der Waals surface area contributed by atoms with Crippen LogP contribution in [-0.4, -0.2) is 25.3 Å². The van der Waals surface area contributed by atoms with Gasteiger partial charge in [-0.1, -0.05) is 72.5 Å². The van der Waals surface area contributed by atoms with Crippen LogP contribution in [0.3, 0.4) is 0 Å². The molecule has 2 saturated carbocycles. The molecule has 1 aromatic heterocycles. The van der Waals surface area contributed by atoms with Gasteiger partial charge < -0.3 is 14.8 Å². The van der Waals surface area contributed by atoms with Gasteiger partial charge in [-0.3, -0.25) is 0 Å². The van der Waals surface area contributed by atoms with E-state index in [1.807, 2.05) is 18.3 Å².